The number of aliphatic hydroxyl groups is 1. The largest absolute Gasteiger partial charge is 0.394 e. The molecule has 1 N–H and O–H groups in total. The summed E-state index contributed by atoms with van der Waals surface area (Å²) >= 11 is 0. The van der Waals surface area contributed by atoms with Gasteiger partial charge in [-0.25, -0.2) is 0 Å². The summed E-state index contributed by atoms with van der Waals surface area (Å²) in [5, 5.41) is 8.96. The summed E-state index contributed by atoms with van der Waals surface area (Å²) in [4.78, 5) is 25.2. The number of hydrogen-bond acceptors (Lipinski definition) is 4. The molecule has 0 aromatic rings. The molecule has 1 aliphatic heterocycles. The molecule has 0 spiro atoms. The van der Waals surface area contributed by atoms with Crippen molar-refractivity contribution in [3.05, 3.63) is 12.3 Å². The number of rotatable bonds is 6. The second kappa shape index (κ2) is 7.56. The van der Waals surface area contributed by atoms with E-state index >= 15 is 0 Å². The number of carbonyl (C=O) groups is 2. The van der Waals surface area contributed by atoms with Crippen LogP contribution in [0.1, 0.15) is 12.8 Å². The van der Waals surface area contributed by atoms with E-state index in [1.54, 1.807) is 7.05 Å². The molecule has 1 aliphatic rings. The minimum atomic E-state index is -0.434. The van der Waals surface area contributed by atoms with Crippen LogP contribution in [0.4, 0.5) is 0 Å². The van der Waals surface area contributed by atoms with Gasteiger partial charge in [-0.05, 0) is 12.8 Å². The van der Waals surface area contributed by atoms with Gasteiger partial charge < -0.3 is 14.7 Å². The SMILES string of the molecule is C#CCN(C)C(=O)/C=C\N(C=O)C1CCC(CO)O1. The van der Waals surface area contributed by atoms with Crippen LogP contribution in [0.2, 0.25) is 0 Å². The molecule has 2 amide bonds. The lowest BCUT2D eigenvalue weighted by atomic mass is 10.2. The highest BCUT2D eigenvalue weighted by Crippen LogP contribution is 2.21. The van der Waals surface area contributed by atoms with E-state index in [-0.39, 0.29) is 25.2 Å². The van der Waals surface area contributed by atoms with Crippen LogP contribution in [0.25, 0.3) is 0 Å². The van der Waals surface area contributed by atoms with Crippen LogP contribution < -0.4 is 0 Å². The average Bonchev–Trinajstić information content (AvgIpc) is 2.88. The molecule has 0 aliphatic carbocycles. The zero-order chi connectivity index (χ0) is 14.3. The number of nitrogens with zero attached hydrogens (tertiary/aromatic N) is 2. The third kappa shape index (κ3) is 4.39. The van der Waals surface area contributed by atoms with Crippen molar-refractivity contribution in [2.45, 2.75) is 25.2 Å². The van der Waals surface area contributed by atoms with Crippen LogP contribution >= 0.6 is 0 Å². The summed E-state index contributed by atoms with van der Waals surface area (Å²) in [6.07, 6.45) is 8.96. The van der Waals surface area contributed by atoms with Gasteiger partial charge in [-0.3, -0.25) is 14.5 Å². The monoisotopic (exact) mass is 266 g/mol. The Bertz CT molecular complexity index is 389. The molecule has 0 saturated carbocycles. The Balaban J connectivity index is 2.55. The van der Waals surface area contributed by atoms with Crippen molar-refractivity contribution >= 4 is 12.3 Å². The van der Waals surface area contributed by atoms with Crippen molar-refractivity contribution in [1.29, 1.82) is 0 Å². The summed E-state index contributed by atoms with van der Waals surface area (Å²) in [5.41, 5.74) is 0. The predicted octanol–water partition coefficient (Wildman–Crippen LogP) is -0.452. The van der Waals surface area contributed by atoms with E-state index in [0.29, 0.717) is 19.3 Å². The normalized spacial score (nSPS) is 22.2. The van der Waals surface area contributed by atoms with E-state index < -0.39 is 6.23 Å². The zero-order valence-corrected chi connectivity index (χ0v) is 10.9. The molecule has 0 radical (unpaired) electrons. The molecule has 6 heteroatoms. The van der Waals surface area contributed by atoms with E-state index in [9.17, 15) is 9.59 Å². The first kappa shape index (κ1) is 15.2. The van der Waals surface area contributed by atoms with E-state index in [1.165, 1.54) is 22.1 Å². The summed E-state index contributed by atoms with van der Waals surface area (Å²) in [7, 11) is 1.58. The summed E-state index contributed by atoms with van der Waals surface area (Å²) in [6.45, 7) is 0.132. The number of aliphatic hydroxyl groups excluding tert-OH is 1. The molecule has 104 valence electrons. The summed E-state index contributed by atoms with van der Waals surface area (Å²) in [6, 6.07) is 0. The molecule has 1 saturated heterocycles. The molecular formula is C13H18N2O4. The summed E-state index contributed by atoms with van der Waals surface area (Å²) in [5.74, 6) is 2.06. The number of terminal acetylenes is 1. The molecule has 19 heavy (non-hydrogen) atoms. The van der Waals surface area contributed by atoms with Crippen molar-refractivity contribution in [3.63, 3.8) is 0 Å². The molecule has 1 rings (SSSR count). The van der Waals surface area contributed by atoms with Crippen molar-refractivity contribution in [2.75, 3.05) is 20.2 Å². The van der Waals surface area contributed by atoms with Crippen LogP contribution in [0, 0.1) is 12.3 Å². The number of likely N-dealkylation sites (N-methyl/N-ethyl adjacent to an activating group) is 1. The van der Waals surface area contributed by atoms with Gasteiger partial charge in [0.1, 0.15) is 6.23 Å². The minimum absolute atomic E-state index is 0.0727. The average molecular weight is 266 g/mol. The van der Waals surface area contributed by atoms with Crippen molar-refractivity contribution < 1.29 is 19.4 Å². The molecular weight excluding hydrogens is 248 g/mol. The minimum Gasteiger partial charge on any atom is -0.394 e. The molecule has 0 aromatic carbocycles. The molecule has 1 heterocycles. The van der Waals surface area contributed by atoms with E-state index in [1.807, 2.05) is 0 Å². The third-order valence-electron chi connectivity index (χ3n) is 2.84. The highest BCUT2D eigenvalue weighted by Gasteiger charge is 2.28. The number of hydrogen-bond donors (Lipinski definition) is 1. The van der Waals surface area contributed by atoms with Crippen LogP contribution in [0.15, 0.2) is 12.3 Å². The van der Waals surface area contributed by atoms with Crippen LogP contribution in [-0.4, -0.2) is 59.8 Å². The second-order valence-electron chi connectivity index (χ2n) is 4.24. The maximum atomic E-state index is 11.6. The Morgan fingerprint density at radius 3 is 2.84 bits per heavy atom. The lowest BCUT2D eigenvalue weighted by Crippen LogP contribution is -2.31. The lowest BCUT2D eigenvalue weighted by molar-refractivity contribution is -0.127. The van der Waals surface area contributed by atoms with Gasteiger partial charge in [-0.2, -0.15) is 0 Å². The van der Waals surface area contributed by atoms with Gasteiger partial charge in [0.15, 0.2) is 0 Å². The van der Waals surface area contributed by atoms with Crippen molar-refractivity contribution in [3.8, 4) is 12.3 Å². The van der Waals surface area contributed by atoms with Gasteiger partial charge >= 0.3 is 0 Å². The molecule has 0 bridgehead atoms. The van der Waals surface area contributed by atoms with E-state index in [4.69, 9.17) is 16.3 Å². The number of ether oxygens (including phenoxy) is 1. The first-order valence-electron chi connectivity index (χ1n) is 5.98. The maximum absolute atomic E-state index is 11.6. The van der Waals surface area contributed by atoms with Crippen molar-refractivity contribution in [2.24, 2.45) is 0 Å². The first-order chi connectivity index (χ1) is 9.12. The molecule has 2 atom stereocenters. The van der Waals surface area contributed by atoms with E-state index in [0.717, 1.165) is 0 Å². The lowest BCUT2D eigenvalue weighted by Gasteiger charge is -2.21. The fourth-order valence-electron chi connectivity index (χ4n) is 1.73. The Morgan fingerprint density at radius 1 is 1.58 bits per heavy atom. The summed E-state index contributed by atoms with van der Waals surface area (Å²) < 4.78 is 5.44. The smallest absolute Gasteiger partial charge is 0.248 e. The van der Waals surface area contributed by atoms with Gasteiger partial charge in [0.25, 0.3) is 0 Å². The Labute approximate surface area is 112 Å². The highest BCUT2D eigenvalue weighted by molar-refractivity contribution is 5.87. The molecule has 2 unspecified atom stereocenters. The third-order valence-corrected chi connectivity index (χ3v) is 2.84. The highest BCUT2D eigenvalue weighted by atomic mass is 16.5. The van der Waals surface area contributed by atoms with E-state index in [2.05, 4.69) is 5.92 Å². The predicted molar refractivity (Wildman–Crippen MR) is 68.5 cm³/mol. The second-order valence-corrected chi connectivity index (χ2v) is 4.24. The number of carbonyl (C=O) groups excluding carboxylic acids is 2. The Morgan fingerprint density at radius 2 is 2.32 bits per heavy atom. The van der Waals surface area contributed by atoms with Crippen LogP contribution in [0.3, 0.4) is 0 Å². The van der Waals surface area contributed by atoms with Gasteiger partial charge in [0.2, 0.25) is 12.3 Å². The maximum Gasteiger partial charge on any atom is 0.248 e. The molecule has 0 aromatic heterocycles. The van der Waals surface area contributed by atoms with Crippen LogP contribution in [-0.2, 0) is 14.3 Å². The van der Waals surface area contributed by atoms with Gasteiger partial charge in [-0.1, -0.05) is 5.92 Å². The fourth-order valence-corrected chi connectivity index (χ4v) is 1.73. The topological polar surface area (TPSA) is 70.1 Å². The number of amides is 2. The molecule has 1 fully saturated rings. The Hall–Kier alpha value is -1.84. The standard InChI is InChI=1S/C13H18N2O4/c1-3-7-14(2)12(18)6-8-15(10-17)13-5-4-11(9-16)19-13/h1,6,8,10-11,13,16H,4-5,7,9H2,2H3/b8-6-. The van der Waals surface area contributed by atoms with Crippen molar-refractivity contribution in [1.82, 2.24) is 9.80 Å². The zero-order valence-electron chi connectivity index (χ0n) is 10.9. The molecule has 6 nitrogen and oxygen atoms in total. The van der Waals surface area contributed by atoms with Gasteiger partial charge in [0.05, 0.1) is 19.3 Å². The first-order valence-corrected chi connectivity index (χ1v) is 5.98. The quantitative estimate of drug-likeness (QED) is 0.401. The fraction of sp³-hybridized carbons (Fsp3) is 0.538. The van der Waals surface area contributed by atoms with Crippen LogP contribution in [0.5, 0.6) is 0 Å². The Kier molecular flexibility index (Phi) is 6.06. The van der Waals surface area contributed by atoms with Gasteiger partial charge in [0, 0.05) is 19.3 Å². The van der Waals surface area contributed by atoms with Gasteiger partial charge in [-0.15, -0.1) is 6.42 Å².